The summed E-state index contributed by atoms with van der Waals surface area (Å²) in [5, 5.41) is 0.446. The summed E-state index contributed by atoms with van der Waals surface area (Å²) in [6.07, 6.45) is 1.80. The van der Waals surface area contributed by atoms with E-state index in [4.69, 9.17) is 25.8 Å². The maximum absolute atomic E-state index is 13.8. The van der Waals surface area contributed by atoms with Crippen molar-refractivity contribution >= 4 is 35.0 Å². The third-order valence-electron chi connectivity index (χ3n) is 6.34. The van der Waals surface area contributed by atoms with Crippen LogP contribution in [0.1, 0.15) is 29.7 Å². The molecule has 3 aromatic carbocycles. The number of hydrogen-bond donors (Lipinski definition) is 0. The molecule has 7 nitrogen and oxygen atoms in total. The molecular formula is C30H25ClN2O5S. The summed E-state index contributed by atoms with van der Waals surface area (Å²) in [6.45, 7) is 2.19. The Labute approximate surface area is 233 Å². The van der Waals surface area contributed by atoms with Gasteiger partial charge >= 0.3 is 5.97 Å². The first-order chi connectivity index (χ1) is 18.9. The highest BCUT2D eigenvalue weighted by Crippen LogP contribution is 2.37. The van der Waals surface area contributed by atoms with E-state index in [-0.39, 0.29) is 11.1 Å². The number of esters is 1. The molecule has 5 rings (SSSR count). The Morgan fingerprint density at radius 2 is 1.82 bits per heavy atom. The van der Waals surface area contributed by atoms with E-state index >= 15 is 0 Å². The molecule has 39 heavy (non-hydrogen) atoms. The van der Waals surface area contributed by atoms with Crippen LogP contribution < -0.4 is 24.4 Å². The fourth-order valence-corrected chi connectivity index (χ4v) is 5.69. The van der Waals surface area contributed by atoms with Gasteiger partial charge in [-0.25, -0.2) is 9.79 Å². The largest absolute Gasteiger partial charge is 0.496 e. The van der Waals surface area contributed by atoms with Gasteiger partial charge in [0.1, 0.15) is 24.1 Å². The first kappa shape index (κ1) is 26.5. The quantitative estimate of drug-likeness (QED) is 0.307. The topological polar surface area (TPSA) is 79.1 Å². The number of nitrogens with zero attached hydrogens (tertiary/aromatic N) is 2. The highest BCUT2D eigenvalue weighted by Gasteiger charge is 2.35. The molecular weight excluding hydrogens is 536 g/mol. The highest BCUT2D eigenvalue weighted by atomic mass is 35.5. The number of benzene rings is 3. The lowest BCUT2D eigenvalue weighted by Gasteiger charge is -2.25. The molecule has 4 aromatic rings. The Bertz CT molecular complexity index is 1740. The lowest BCUT2D eigenvalue weighted by molar-refractivity contribution is -0.136. The van der Waals surface area contributed by atoms with E-state index < -0.39 is 12.0 Å². The average Bonchev–Trinajstić information content (AvgIpc) is 3.26. The molecule has 0 bridgehead atoms. The van der Waals surface area contributed by atoms with Crippen molar-refractivity contribution < 1.29 is 19.0 Å². The van der Waals surface area contributed by atoms with Crippen LogP contribution in [0.5, 0.6) is 11.5 Å². The van der Waals surface area contributed by atoms with Crippen molar-refractivity contribution in [2.24, 2.45) is 4.99 Å². The fourth-order valence-electron chi connectivity index (χ4n) is 4.46. The van der Waals surface area contributed by atoms with Crippen molar-refractivity contribution in [2.75, 3.05) is 14.2 Å². The molecule has 198 valence electrons. The van der Waals surface area contributed by atoms with Gasteiger partial charge in [0.2, 0.25) is 0 Å². The van der Waals surface area contributed by atoms with E-state index in [0.717, 1.165) is 16.9 Å². The first-order valence-corrected chi connectivity index (χ1v) is 13.3. The summed E-state index contributed by atoms with van der Waals surface area (Å²) < 4.78 is 18.5. The SMILES string of the molecule is COC(=O)C1=C(C)N=c2s/c(=C\c3ccc(OCc4ccccc4)cc3)c(=O)n2[C@@H]1c1cc(Cl)ccc1OC. The zero-order valence-electron chi connectivity index (χ0n) is 21.5. The third kappa shape index (κ3) is 5.39. The van der Waals surface area contributed by atoms with Gasteiger partial charge in [-0.3, -0.25) is 9.36 Å². The van der Waals surface area contributed by atoms with Crippen LogP contribution in [0.15, 0.2) is 93.9 Å². The minimum Gasteiger partial charge on any atom is -0.496 e. The van der Waals surface area contributed by atoms with Gasteiger partial charge in [0, 0.05) is 10.6 Å². The van der Waals surface area contributed by atoms with Crippen LogP contribution >= 0.6 is 22.9 Å². The molecule has 0 spiro atoms. The minimum atomic E-state index is -0.821. The number of halogens is 1. The summed E-state index contributed by atoms with van der Waals surface area (Å²) in [7, 11) is 2.82. The summed E-state index contributed by atoms with van der Waals surface area (Å²) in [5.41, 5.74) is 2.89. The van der Waals surface area contributed by atoms with Gasteiger partial charge in [-0.2, -0.15) is 0 Å². The molecule has 1 atom stereocenters. The number of methoxy groups -OCH3 is 2. The summed E-state index contributed by atoms with van der Waals surface area (Å²) >= 11 is 7.57. The van der Waals surface area contributed by atoms with E-state index in [1.807, 2.05) is 54.6 Å². The zero-order valence-corrected chi connectivity index (χ0v) is 23.1. The molecule has 0 unspecified atom stereocenters. The van der Waals surface area contributed by atoms with Gasteiger partial charge in [0.05, 0.1) is 30.0 Å². The number of aromatic nitrogens is 1. The predicted octanol–water partition coefficient (Wildman–Crippen LogP) is 4.65. The number of thiazole rings is 1. The maximum Gasteiger partial charge on any atom is 0.338 e. The molecule has 0 radical (unpaired) electrons. The number of carbonyl (C=O) groups is 1. The molecule has 0 N–H and O–H groups in total. The number of allylic oxidation sites excluding steroid dienone is 1. The van der Waals surface area contributed by atoms with Crippen molar-refractivity contribution in [3.05, 3.63) is 125 Å². The van der Waals surface area contributed by atoms with Crippen molar-refractivity contribution in [2.45, 2.75) is 19.6 Å². The van der Waals surface area contributed by atoms with Gasteiger partial charge < -0.3 is 14.2 Å². The van der Waals surface area contributed by atoms with Crippen LogP contribution in [-0.2, 0) is 16.1 Å². The zero-order chi connectivity index (χ0) is 27.5. The lowest BCUT2D eigenvalue weighted by Crippen LogP contribution is -2.40. The maximum atomic E-state index is 13.8. The van der Waals surface area contributed by atoms with Crippen LogP contribution in [0, 0.1) is 0 Å². The van der Waals surface area contributed by atoms with Crippen LogP contribution in [0.25, 0.3) is 6.08 Å². The van der Waals surface area contributed by atoms with Crippen molar-refractivity contribution in [3.63, 3.8) is 0 Å². The van der Waals surface area contributed by atoms with E-state index in [1.165, 1.54) is 30.1 Å². The van der Waals surface area contributed by atoms with E-state index in [9.17, 15) is 9.59 Å². The molecule has 0 amide bonds. The standard InChI is InChI=1S/C30H25ClN2O5S/c1-18-26(29(35)37-3)27(23-16-21(31)11-14-24(23)36-2)33-28(34)25(39-30(33)32-18)15-19-9-12-22(13-10-19)38-17-20-7-5-4-6-8-20/h4-16,27H,17H2,1-3H3/b25-15-/t27-/m1/s1. The summed E-state index contributed by atoms with van der Waals surface area (Å²) in [5.74, 6) is 0.633. The number of rotatable bonds is 7. The van der Waals surface area contributed by atoms with Gasteiger partial charge in [-0.15, -0.1) is 0 Å². The van der Waals surface area contributed by atoms with Crippen LogP contribution in [0.3, 0.4) is 0 Å². The summed E-state index contributed by atoms with van der Waals surface area (Å²) in [6, 6.07) is 21.7. The molecule has 0 aliphatic carbocycles. The number of carbonyl (C=O) groups excluding carboxylic acids is 1. The minimum absolute atomic E-state index is 0.247. The van der Waals surface area contributed by atoms with Gasteiger partial charge in [0.25, 0.3) is 5.56 Å². The van der Waals surface area contributed by atoms with Gasteiger partial charge in [-0.1, -0.05) is 65.4 Å². The predicted molar refractivity (Wildman–Crippen MR) is 151 cm³/mol. The summed E-state index contributed by atoms with van der Waals surface area (Å²) in [4.78, 5) is 31.7. The molecule has 0 fully saturated rings. The molecule has 0 saturated heterocycles. The Balaban J connectivity index is 1.55. The van der Waals surface area contributed by atoms with E-state index in [1.54, 1.807) is 31.2 Å². The van der Waals surface area contributed by atoms with E-state index in [2.05, 4.69) is 4.99 Å². The Hall–Kier alpha value is -4.14. The molecule has 1 aliphatic heterocycles. The van der Waals surface area contributed by atoms with Gasteiger partial charge in [0.15, 0.2) is 4.80 Å². The normalized spacial score (nSPS) is 15.0. The molecule has 1 aromatic heterocycles. The average molecular weight is 561 g/mol. The van der Waals surface area contributed by atoms with Crippen molar-refractivity contribution in [1.29, 1.82) is 0 Å². The fraction of sp³-hybridized carbons (Fsp3) is 0.167. The number of ether oxygens (including phenoxy) is 3. The first-order valence-electron chi connectivity index (χ1n) is 12.1. The van der Waals surface area contributed by atoms with Crippen molar-refractivity contribution in [1.82, 2.24) is 4.57 Å². The Morgan fingerprint density at radius 3 is 2.51 bits per heavy atom. The van der Waals surface area contributed by atoms with Crippen LogP contribution in [0.4, 0.5) is 0 Å². The monoisotopic (exact) mass is 560 g/mol. The Kier molecular flexibility index (Phi) is 7.67. The van der Waals surface area contributed by atoms with Crippen LogP contribution in [-0.4, -0.2) is 24.8 Å². The molecule has 1 aliphatic rings. The second kappa shape index (κ2) is 11.3. The smallest absolute Gasteiger partial charge is 0.338 e. The van der Waals surface area contributed by atoms with Gasteiger partial charge in [-0.05, 0) is 54.5 Å². The second-order valence-electron chi connectivity index (χ2n) is 8.80. The lowest BCUT2D eigenvalue weighted by atomic mass is 9.95. The molecule has 2 heterocycles. The second-order valence-corrected chi connectivity index (χ2v) is 10.2. The third-order valence-corrected chi connectivity index (χ3v) is 7.56. The van der Waals surface area contributed by atoms with Crippen molar-refractivity contribution in [3.8, 4) is 11.5 Å². The molecule has 9 heteroatoms. The number of hydrogen-bond acceptors (Lipinski definition) is 7. The van der Waals surface area contributed by atoms with Crippen LogP contribution in [0.2, 0.25) is 5.02 Å². The van der Waals surface area contributed by atoms with E-state index in [0.29, 0.717) is 38.0 Å². The molecule has 0 saturated carbocycles. The Morgan fingerprint density at radius 1 is 1.08 bits per heavy atom. The highest BCUT2D eigenvalue weighted by molar-refractivity contribution is 7.07. The number of fused-ring (bicyclic) bond motifs is 1.